The standard InChI is InChI=1S/C17H24ClNO/c1-13-6-5-7-14(12-13)19(2)11-10-17(20)15-8-3-4-9-16(15)18/h3-4,8-9,13-14H,5-7,10-12H2,1-2H3. The molecule has 1 aromatic rings. The molecule has 0 bridgehead atoms. The molecule has 2 nitrogen and oxygen atoms in total. The van der Waals surface area contributed by atoms with Crippen LogP contribution in [0.2, 0.25) is 5.02 Å². The van der Waals surface area contributed by atoms with Gasteiger partial charge < -0.3 is 4.90 Å². The van der Waals surface area contributed by atoms with Crippen molar-refractivity contribution in [3.63, 3.8) is 0 Å². The van der Waals surface area contributed by atoms with Gasteiger partial charge in [-0.05, 0) is 37.9 Å². The van der Waals surface area contributed by atoms with Gasteiger partial charge >= 0.3 is 0 Å². The molecule has 1 fully saturated rings. The van der Waals surface area contributed by atoms with Crippen molar-refractivity contribution in [2.24, 2.45) is 5.92 Å². The van der Waals surface area contributed by atoms with Gasteiger partial charge in [-0.15, -0.1) is 0 Å². The van der Waals surface area contributed by atoms with Crippen molar-refractivity contribution in [3.05, 3.63) is 34.9 Å². The van der Waals surface area contributed by atoms with Crippen molar-refractivity contribution < 1.29 is 4.79 Å². The van der Waals surface area contributed by atoms with Gasteiger partial charge in [0.15, 0.2) is 5.78 Å². The third-order valence-corrected chi connectivity index (χ3v) is 4.73. The van der Waals surface area contributed by atoms with E-state index in [9.17, 15) is 4.79 Å². The highest BCUT2D eigenvalue weighted by molar-refractivity contribution is 6.33. The van der Waals surface area contributed by atoms with Crippen LogP contribution in [-0.4, -0.2) is 30.3 Å². The maximum absolute atomic E-state index is 12.2. The van der Waals surface area contributed by atoms with E-state index in [1.54, 1.807) is 6.07 Å². The highest BCUT2D eigenvalue weighted by atomic mass is 35.5. The van der Waals surface area contributed by atoms with Crippen LogP contribution in [-0.2, 0) is 0 Å². The number of hydrogen-bond acceptors (Lipinski definition) is 2. The predicted molar refractivity (Wildman–Crippen MR) is 84.4 cm³/mol. The van der Waals surface area contributed by atoms with Crippen molar-refractivity contribution in [3.8, 4) is 0 Å². The third-order valence-electron chi connectivity index (χ3n) is 4.40. The smallest absolute Gasteiger partial charge is 0.165 e. The number of benzene rings is 1. The molecule has 2 unspecified atom stereocenters. The van der Waals surface area contributed by atoms with Gasteiger partial charge in [-0.1, -0.05) is 43.5 Å². The average molecular weight is 294 g/mol. The molecule has 0 amide bonds. The first kappa shape index (κ1) is 15.5. The highest BCUT2D eigenvalue weighted by Crippen LogP contribution is 2.27. The molecule has 20 heavy (non-hydrogen) atoms. The average Bonchev–Trinajstić information content (AvgIpc) is 2.45. The van der Waals surface area contributed by atoms with Gasteiger partial charge in [-0.25, -0.2) is 0 Å². The van der Waals surface area contributed by atoms with E-state index in [1.807, 2.05) is 18.2 Å². The lowest BCUT2D eigenvalue weighted by molar-refractivity contribution is 0.0945. The Morgan fingerprint density at radius 2 is 2.10 bits per heavy atom. The summed E-state index contributed by atoms with van der Waals surface area (Å²) in [4.78, 5) is 14.6. The number of rotatable bonds is 5. The van der Waals surface area contributed by atoms with Crippen molar-refractivity contribution in [2.45, 2.75) is 45.1 Å². The first-order valence-electron chi connectivity index (χ1n) is 7.56. The van der Waals surface area contributed by atoms with E-state index in [-0.39, 0.29) is 5.78 Å². The van der Waals surface area contributed by atoms with E-state index in [0.717, 1.165) is 12.5 Å². The first-order valence-corrected chi connectivity index (χ1v) is 7.93. The number of ketones is 1. The summed E-state index contributed by atoms with van der Waals surface area (Å²) in [6.45, 7) is 3.15. The Morgan fingerprint density at radius 1 is 1.35 bits per heavy atom. The van der Waals surface area contributed by atoms with Crippen molar-refractivity contribution in [2.75, 3.05) is 13.6 Å². The van der Waals surface area contributed by atoms with Crippen LogP contribution in [0.3, 0.4) is 0 Å². The Morgan fingerprint density at radius 3 is 2.80 bits per heavy atom. The van der Waals surface area contributed by atoms with E-state index >= 15 is 0 Å². The van der Waals surface area contributed by atoms with Crippen LogP contribution >= 0.6 is 11.6 Å². The summed E-state index contributed by atoms with van der Waals surface area (Å²) in [5.41, 5.74) is 0.652. The third kappa shape index (κ3) is 4.07. The summed E-state index contributed by atoms with van der Waals surface area (Å²) in [6, 6.07) is 7.95. The van der Waals surface area contributed by atoms with Gasteiger partial charge in [0.1, 0.15) is 0 Å². The van der Waals surface area contributed by atoms with Crippen LogP contribution in [0.5, 0.6) is 0 Å². The van der Waals surface area contributed by atoms with E-state index in [4.69, 9.17) is 11.6 Å². The molecule has 0 aliphatic heterocycles. The van der Waals surface area contributed by atoms with Crippen LogP contribution in [0.4, 0.5) is 0 Å². The Bertz CT molecular complexity index is 460. The lowest BCUT2D eigenvalue weighted by atomic mass is 9.86. The molecule has 1 aliphatic rings. The number of hydrogen-bond donors (Lipinski definition) is 0. The van der Waals surface area contributed by atoms with E-state index < -0.39 is 0 Å². The van der Waals surface area contributed by atoms with Gasteiger partial charge in [0.2, 0.25) is 0 Å². The van der Waals surface area contributed by atoms with E-state index in [2.05, 4.69) is 18.9 Å². The number of nitrogens with zero attached hydrogens (tertiary/aromatic N) is 1. The molecule has 0 spiro atoms. The minimum absolute atomic E-state index is 0.145. The molecule has 0 saturated heterocycles. The van der Waals surface area contributed by atoms with E-state index in [1.165, 1.54) is 25.7 Å². The van der Waals surface area contributed by atoms with Crippen LogP contribution in [0.25, 0.3) is 0 Å². The quantitative estimate of drug-likeness (QED) is 0.749. The summed E-state index contributed by atoms with van der Waals surface area (Å²) < 4.78 is 0. The number of halogens is 1. The van der Waals surface area contributed by atoms with Gasteiger partial charge in [0.05, 0.1) is 5.02 Å². The first-order chi connectivity index (χ1) is 9.58. The molecular formula is C17H24ClNO. The highest BCUT2D eigenvalue weighted by Gasteiger charge is 2.22. The fourth-order valence-electron chi connectivity index (χ4n) is 3.08. The fraction of sp³-hybridized carbons (Fsp3) is 0.588. The van der Waals surface area contributed by atoms with Crippen LogP contribution in [0, 0.1) is 5.92 Å². The molecule has 3 heteroatoms. The second-order valence-electron chi connectivity index (χ2n) is 6.06. The minimum atomic E-state index is 0.145. The zero-order valence-electron chi connectivity index (χ0n) is 12.4. The monoisotopic (exact) mass is 293 g/mol. The largest absolute Gasteiger partial charge is 0.303 e. The minimum Gasteiger partial charge on any atom is -0.303 e. The van der Waals surface area contributed by atoms with Crippen molar-refractivity contribution in [1.82, 2.24) is 4.90 Å². The molecule has 1 saturated carbocycles. The Labute approximate surface area is 127 Å². The maximum atomic E-state index is 12.2. The zero-order valence-corrected chi connectivity index (χ0v) is 13.2. The lowest BCUT2D eigenvalue weighted by Gasteiger charge is -2.34. The number of carbonyl (C=O) groups excluding carboxylic acids is 1. The van der Waals surface area contributed by atoms with Gasteiger partial charge in [0.25, 0.3) is 0 Å². The molecule has 2 rings (SSSR count). The maximum Gasteiger partial charge on any atom is 0.165 e. The van der Waals surface area contributed by atoms with Crippen LogP contribution < -0.4 is 0 Å². The molecular weight excluding hydrogens is 270 g/mol. The summed E-state index contributed by atoms with van der Waals surface area (Å²) >= 11 is 6.07. The normalized spacial score (nSPS) is 23.0. The molecule has 0 radical (unpaired) electrons. The van der Waals surface area contributed by atoms with Crippen molar-refractivity contribution in [1.29, 1.82) is 0 Å². The summed E-state index contributed by atoms with van der Waals surface area (Å²) in [5, 5.41) is 0.562. The summed E-state index contributed by atoms with van der Waals surface area (Å²) in [5.74, 6) is 0.960. The predicted octanol–water partition coefficient (Wildman–Crippen LogP) is 4.42. The SMILES string of the molecule is CC1CCCC(N(C)CCC(=O)c2ccccc2Cl)C1. The molecule has 1 aromatic carbocycles. The summed E-state index contributed by atoms with van der Waals surface area (Å²) in [6.07, 6.45) is 5.74. The van der Waals surface area contributed by atoms with Gasteiger partial charge in [-0.2, -0.15) is 0 Å². The molecule has 0 N–H and O–H groups in total. The topological polar surface area (TPSA) is 20.3 Å². The van der Waals surface area contributed by atoms with Gasteiger partial charge in [-0.3, -0.25) is 4.79 Å². The molecule has 0 heterocycles. The number of carbonyl (C=O) groups is 1. The molecule has 2 atom stereocenters. The Balaban J connectivity index is 1.85. The number of Topliss-reactive ketones (excluding diaryl/α,β-unsaturated/α-hetero) is 1. The molecule has 110 valence electrons. The second kappa shape index (κ2) is 7.24. The lowest BCUT2D eigenvalue weighted by Crippen LogP contribution is -2.36. The van der Waals surface area contributed by atoms with Gasteiger partial charge in [0, 0.05) is 24.6 Å². The van der Waals surface area contributed by atoms with Crippen LogP contribution in [0.15, 0.2) is 24.3 Å². The Kier molecular flexibility index (Phi) is 5.62. The molecule has 0 aromatic heterocycles. The second-order valence-corrected chi connectivity index (χ2v) is 6.47. The van der Waals surface area contributed by atoms with Crippen LogP contribution in [0.1, 0.15) is 49.4 Å². The van der Waals surface area contributed by atoms with E-state index in [0.29, 0.717) is 23.0 Å². The molecule has 1 aliphatic carbocycles. The van der Waals surface area contributed by atoms with Crippen molar-refractivity contribution >= 4 is 17.4 Å². The fourth-order valence-corrected chi connectivity index (χ4v) is 3.33. The zero-order chi connectivity index (χ0) is 14.5. The summed E-state index contributed by atoms with van der Waals surface area (Å²) in [7, 11) is 2.14. The Hall–Kier alpha value is -0.860.